The minimum Gasteiger partial charge on any atom is -0.375 e. The first-order valence-electron chi connectivity index (χ1n) is 7.79. The van der Waals surface area contributed by atoms with E-state index in [2.05, 4.69) is 39.7 Å². The fraction of sp³-hybridized carbons (Fsp3) is 0.0526. The number of hydrogen-bond acceptors (Lipinski definition) is 6. The van der Waals surface area contributed by atoms with Gasteiger partial charge in [0.15, 0.2) is 0 Å². The molecule has 0 saturated heterocycles. The number of aromatic nitrogens is 2. The number of thiophene rings is 1. The largest absolute Gasteiger partial charge is 0.375 e. The summed E-state index contributed by atoms with van der Waals surface area (Å²) < 4.78 is 5.34. The first-order chi connectivity index (χ1) is 12.4. The van der Waals surface area contributed by atoms with E-state index in [-0.39, 0.29) is 0 Å². The molecule has 2 heterocycles. The topological polar surface area (TPSA) is 51.0 Å². The highest BCUT2D eigenvalue weighted by atomic mass is 32.2. The molecule has 1 N–H and O–H groups in total. The van der Waals surface area contributed by atoms with Gasteiger partial charge in [-0.3, -0.25) is 0 Å². The van der Waals surface area contributed by atoms with Crippen molar-refractivity contribution in [3.8, 4) is 11.4 Å². The van der Waals surface area contributed by atoms with Gasteiger partial charge in [0.2, 0.25) is 11.7 Å². The zero-order valence-corrected chi connectivity index (χ0v) is 14.9. The predicted octanol–water partition coefficient (Wildman–Crippen LogP) is 5.56. The fourth-order valence-corrected chi connectivity index (χ4v) is 3.90. The average molecular weight is 365 g/mol. The lowest BCUT2D eigenvalue weighted by atomic mass is 10.3. The minimum absolute atomic E-state index is 0.490. The van der Waals surface area contributed by atoms with Gasteiger partial charge < -0.3 is 9.84 Å². The van der Waals surface area contributed by atoms with Crippen LogP contribution in [-0.4, -0.2) is 10.1 Å². The van der Waals surface area contributed by atoms with Gasteiger partial charge in [-0.1, -0.05) is 47.3 Å². The average Bonchev–Trinajstić information content (AvgIpc) is 3.33. The standard InChI is InChI=1S/C19H15N3OS2/c1-2-6-15(7-3-1)25-17-9-5-4-8-16(17)20-12-18-21-19(22-23-18)14-10-11-24-13-14/h1-11,13,20H,12H2. The summed E-state index contributed by atoms with van der Waals surface area (Å²) >= 11 is 3.34. The van der Waals surface area contributed by atoms with Crippen molar-refractivity contribution in [2.75, 3.05) is 5.32 Å². The maximum absolute atomic E-state index is 5.34. The minimum atomic E-state index is 0.490. The third-order valence-corrected chi connectivity index (χ3v) is 5.30. The molecule has 0 aliphatic carbocycles. The lowest BCUT2D eigenvalue weighted by Crippen LogP contribution is -2.00. The maximum Gasteiger partial charge on any atom is 0.246 e. The van der Waals surface area contributed by atoms with E-state index in [4.69, 9.17) is 4.52 Å². The Hall–Kier alpha value is -2.57. The zero-order chi connectivity index (χ0) is 16.9. The van der Waals surface area contributed by atoms with Crippen LogP contribution in [0.1, 0.15) is 5.89 Å². The number of benzene rings is 2. The van der Waals surface area contributed by atoms with Crippen LogP contribution in [0.15, 0.2) is 85.7 Å². The zero-order valence-electron chi connectivity index (χ0n) is 13.3. The molecule has 0 unspecified atom stereocenters. The van der Waals surface area contributed by atoms with Gasteiger partial charge in [-0.05, 0) is 35.7 Å². The van der Waals surface area contributed by atoms with E-state index in [1.54, 1.807) is 23.1 Å². The van der Waals surface area contributed by atoms with Gasteiger partial charge in [-0.2, -0.15) is 16.3 Å². The molecule has 0 fully saturated rings. The van der Waals surface area contributed by atoms with Crippen LogP contribution in [0.5, 0.6) is 0 Å². The second-order valence-electron chi connectivity index (χ2n) is 5.29. The molecule has 2 aromatic heterocycles. The van der Waals surface area contributed by atoms with Crippen molar-refractivity contribution in [3.05, 3.63) is 77.3 Å². The second kappa shape index (κ2) is 7.55. The number of nitrogens with one attached hydrogen (secondary N) is 1. The third kappa shape index (κ3) is 3.92. The smallest absolute Gasteiger partial charge is 0.246 e. The SMILES string of the molecule is c1ccc(Sc2ccccc2NCc2nc(-c3ccsc3)no2)cc1. The summed E-state index contributed by atoms with van der Waals surface area (Å²) in [5.41, 5.74) is 2.03. The highest BCUT2D eigenvalue weighted by Crippen LogP contribution is 2.33. The van der Waals surface area contributed by atoms with E-state index >= 15 is 0 Å². The molecule has 4 aromatic rings. The van der Waals surface area contributed by atoms with Crippen LogP contribution in [0.4, 0.5) is 5.69 Å². The normalized spacial score (nSPS) is 10.7. The molecule has 0 aliphatic heterocycles. The lowest BCUT2D eigenvalue weighted by molar-refractivity contribution is 0.384. The summed E-state index contributed by atoms with van der Waals surface area (Å²) in [7, 11) is 0. The number of anilines is 1. The van der Waals surface area contributed by atoms with Gasteiger partial charge in [0.1, 0.15) is 0 Å². The Morgan fingerprint density at radius 3 is 2.68 bits per heavy atom. The summed E-state index contributed by atoms with van der Waals surface area (Å²) in [6.07, 6.45) is 0. The van der Waals surface area contributed by atoms with Crippen molar-refractivity contribution in [1.29, 1.82) is 0 Å². The van der Waals surface area contributed by atoms with Crippen LogP contribution in [0, 0.1) is 0 Å². The first kappa shape index (κ1) is 15.9. The maximum atomic E-state index is 5.34. The van der Waals surface area contributed by atoms with E-state index in [1.165, 1.54) is 4.90 Å². The quantitative estimate of drug-likeness (QED) is 0.485. The first-order valence-corrected chi connectivity index (χ1v) is 9.55. The molecular formula is C19H15N3OS2. The summed E-state index contributed by atoms with van der Waals surface area (Å²) in [5, 5.41) is 11.4. The van der Waals surface area contributed by atoms with Crippen LogP contribution in [0.25, 0.3) is 11.4 Å². The second-order valence-corrected chi connectivity index (χ2v) is 7.18. The van der Waals surface area contributed by atoms with Gasteiger partial charge >= 0.3 is 0 Å². The molecule has 124 valence electrons. The van der Waals surface area contributed by atoms with E-state index in [1.807, 2.05) is 47.2 Å². The number of para-hydroxylation sites is 1. The molecule has 0 spiro atoms. The molecule has 0 amide bonds. The lowest BCUT2D eigenvalue weighted by Gasteiger charge is -2.10. The van der Waals surface area contributed by atoms with Crippen molar-refractivity contribution < 1.29 is 4.52 Å². The van der Waals surface area contributed by atoms with E-state index < -0.39 is 0 Å². The Labute approximate surface area is 153 Å². The monoisotopic (exact) mass is 365 g/mol. The third-order valence-electron chi connectivity index (χ3n) is 3.54. The molecule has 4 nitrogen and oxygen atoms in total. The Morgan fingerprint density at radius 2 is 1.84 bits per heavy atom. The molecule has 0 radical (unpaired) electrons. The molecular weight excluding hydrogens is 350 g/mol. The van der Waals surface area contributed by atoms with E-state index in [0.717, 1.165) is 16.1 Å². The highest BCUT2D eigenvalue weighted by Gasteiger charge is 2.10. The van der Waals surface area contributed by atoms with Crippen LogP contribution >= 0.6 is 23.1 Å². The Kier molecular flexibility index (Phi) is 4.81. The van der Waals surface area contributed by atoms with E-state index in [0.29, 0.717) is 18.3 Å². The Morgan fingerprint density at radius 1 is 1.00 bits per heavy atom. The van der Waals surface area contributed by atoms with Crippen molar-refractivity contribution in [3.63, 3.8) is 0 Å². The summed E-state index contributed by atoms with van der Waals surface area (Å²) in [6.45, 7) is 0.490. The van der Waals surface area contributed by atoms with Crippen molar-refractivity contribution in [2.24, 2.45) is 0 Å². The van der Waals surface area contributed by atoms with Gasteiger partial charge in [0.25, 0.3) is 0 Å². The number of nitrogens with zero attached hydrogens (tertiary/aromatic N) is 2. The molecule has 0 aliphatic rings. The van der Waals surface area contributed by atoms with Gasteiger partial charge in [0, 0.05) is 26.4 Å². The molecule has 25 heavy (non-hydrogen) atoms. The van der Waals surface area contributed by atoms with Crippen LogP contribution in [0.2, 0.25) is 0 Å². The molecule has 0 atom stereocenters. The van der Waals surface area contributed by atoms with Gasteiger partial charge in [0.05, 0.1) is 6.54 Å². The van der Waals surface area contributed by atoms with E-state index in [9.17, 15) is 0 Å². The molecule has 0 saturated carbocycles. The Balaban J connectivity index is 1.46. The van der Waals surface area contributed by atoms with Crippen molar-refractivity contribution >= 4 is 28.8 Å². The molecule has 4 rings (SSSR count). The molecule has 2 aromatic carbocycles. The number of hydrogen-bond donors (Lipinski definition) is 1. The summed E-state index contributed by atoms with van der Waals surface area (Å²) in [5.74, 6) is 1.20. The van der Waals surface area contributed by atoms with Crippen molar-refractivity contribution in [1.82, 2.24) is 10.1 Å². The van der Waals surface area contributed by atoms with Crippen molar-refractivity contribution in [2.45, 2.75) is 16.3 Å². The summed E-state index contributed by atoms with van der Waals surface area (Å²) in [4.78, 5) is 6.80. The van der Waals surface area contributed by atoms with Crippen LogP contribution in [0.3, 0.4) is 0 Å². The van der Waals surface area contributed by atoms with Gasteiger partial charge in [-0.25, -0.2) is 0 Å². The van der Waals surface area contributed by atoms with Crippen LogP contribution < -0.4 is 5.32 Å². The molecule has 6 heteroatoms. The molecule has 0 bridgehead atoms. The number of rotatable bonds is 6. The fourth-order valence-electron chi connectivity index (χ4n) is 2.32. The predicted molar refractivity (Wildman–Crippen MR) is 102 cm³/mol. The van der Waals surface area contributed by atoms with Crippen LogP contribution in [-0.2, 0) is 6.54 Å². The highest BCUT2D eigenvalue weighted by molar-refractivity contribution is 7.99. The Bertz CT molecular complexity index is 936. The summed E-state index contributed by atoms with van der Waals surface area (Å²) in [6, 6.07) is 20.5. The van der Waals surface area contributed by atoms with Gasteiger partial charge in [-0.15, -0.1) is 0 Å².